The lowest BCUT2D eigenvalue weighted by Crippen LogP contribution is -2.63. The fourth-order valence-electron chi connectivity index (χ4n) is 5.67. The molecule has 5 rings (SSSR count). The molecule has 2 N–H and O–H groups in total. The van der Waals surface area contributed by atoms with Crippen molar-refractivity contribution < 1.29 is 19.4 Å². The summed E-state index contributed by atoms with van der Waals surface area (Å²) in [6, 6.07) is 6.04. The molecule has 3 saturated carbocycles. The van der Waals surface area contributed by atoms with Gasteiger partial charge in [-0.15, -0.1) is 11.3 Å². The lowest BCUT2D eigenvalue weighted by atomic mass is 9.44. The molecule has 2 bridgehead atoms. The summed E-state index contributed by atoms with van der Waals surface area (Å²) < 4.78 is 6.45. The Morgan fingerprint density at radius 3 is 2.59 bits per heavy atom. The lowest BCUT2D eigenvalue weighted by molar-refractivity contribution is -0.137. The highest BCUT2D eigenvalue weighted by Crippen LogP contribution is 2.61. The number of benzene rings is 1. The highest BCUT2D eigenvalue weighted by molar-refractivity contribution is 9.01. The summed E-state index contributed by atoms with van der Waals surface area (Å²) in [5.74, 6) is 1.66. The maximum absolute atomic E-state index is 13.4. The highest BCUT2D eigenvalue weighted by Gasteiger charge is 2.57. The van der Waals surface area contributed by atoms with Gasteiger partial charge in [0.15, 0.2) is 0 Å². The number of methoxy groups -OCH3 is 1. The van der Waals surface area contributed by atoms with Crippen molar-refractivity contribution in [3.63, 3.8) is 0 Å². The summed E-state index contributed by atoms with van der Waals surface area (Å²) >= 11 is 16.1. The summed E-state index contributed by atoms with van der Waals surface area (Å²) in [7, 11) is 2.78. The van der Waals surface area contributed by atoms with Gasteiger partial charge in [0, 0.05) is 50.3 Å². The second-order valence-corrected chi connectivity index (χ2v) is 13.0. The quantitative estimate of drug-likeness (QED) is 0.102. The molecule has 5 nitrogen and oxygen atoms in total. The summed E-state index contributed by atoms with van der Waals surface area (Å²) in [5, 5.41) is 15.1. The van der Waals surface area contributed by atoms with Gasteiger partial charge in [-0.05, 0) is 83.3 Å². The van der Waals surface area contributed by atoms with Gasteiger partial charge in [-0.3, -0.25) is 9.59 Å². The minimum Gasteiger partial charge on any atom is -0.497 e. The summed E-state index contributed by atoms with van der Waals surface area (Å²) in [5.41, 5.74) is 0.991. The number of carbonyl (C=O) groups excluding carboxylic acids is 1. The molecule has 3 aliphatic carbocycles. The topological polar surface area (TPSA) is 75.6 Å². The Morgan fingerprint density at radius 1 is 1.27 bits per heavy atom. The molecular weight excluding hydrogens is 583 g/mol. The zero-order valence-electron chi connectivity index (χ0n) is 21.2. The van der Waals surface area contributed by atoms with Crippen molar-refractivity contribution in [2.45, 2.75) is 58.4 Å². The largest absolute Gasteiger partial charge is 0.497 e. The number of hydrogen-bond acceptors (Lipinski definition) is 9. The molecule has 0 aliphatic heterocycles. The van der Waals surface area contributed by atoms with Crippen LogP contribution in [-0.2, 0) is 27.2 Å². The van der Waals surface area contributed by atoms with E-state index in [9.17, 15) is 9.59 Å². The number of nitrogens with one attached hydrogen (secondary N) is 1. The van der Waals surface area contributed by atoms with E-state index in [4.69, 9.17) is 9.84 Å². The van der Waals surface area contributed by atoms with Crippen LogP contribution in [0.25, 0.3) is 10.1 Å². The number of carboxylic acids is 1. The normalized spacial score (nSPS) is 23.2. The number of fused-ring (bicyclic) bond motifs is 3. The minimum absolute atomic E-state index is 0.00564. The van der Waals surface area contributed by atoms with E-state index in [0.717, 1.165) is 56.4 Å². The molecule has 1 aromatic carbocycles. The third-order valence-corrected chi connectivity index (χ3v) is 8.73. The number of carbonyl (C=O) groups is 2. The standard InChI is InChI=1S/C26H33NO4S.H2S3.S2/c1-26(2)17-12-16(8-6-4-5-7-9-23(28)29)24(21(26)13-17)27-25(30)20-15-32-22-11-10-18(31-3)14-19(20)22;1-3-2;1-2/h4,6,10-11,14-17,21,24H,5,7-9,12-13H2,1-3H3,(H,27,30)(H,28,29);1-2H;/b6-4-;;/t16-,17-,21-,24-;;/m0../s1. The molecule has 1 heterocycles. The molecular formula is C26H35NO4S6. The number of hydrogen-bond donors (Lipinski definition) is 4. The molecule has 37 heavy (non-hydrogen) atoms. The first kappa shape index (κ1) is 32.4. The zero-order valence-corrected chi connectivity index (χ0v) is 26.3. The number of unbranched alkanes of at least 4 members (excludes halogenated alkanes) is 1. The fourth-order valence-corrected chi connectivity index (χ4v) is 6.59. The predicted octanol–water partition coefficient (Wildman–Crippen LogP) is 7.30. The van der Waals surface area contributed by atoms with E-state index >= 15 is 0 Å². The number of allylic oxidation sites excluding steroid dienone is 2. The molecule has 11 heteroatoms. The number of thiophene rings is 1. The molecule has 4 atom stereocenters. The maximum atomic E-state index is 13.4. The van der Waals surface area contributed by atoms with Crippen LogP contribution in [0.4, 0.5) is 0 Å². The molecule has 0 spiro atoms. The van der Waals surface area contributed by atoms with Crippen molar-refractivity contribution in [1.29, 1.82) is 0 Å². The van der Waals surface area contributed by atoms with E-state index in [-0.39, 0.29) is 23.8 Å². The fraction of sp³-hybridized carbons (Fsp3) is 0.538. The van der Waals surface area contributed by atoms with Crippen LogP contribution in [0.15, 0.2) is 35.7 Å². The second kappa shape index (κ2) is 15.7. The van der Waals surface area contributed by atoms with Crippen molar-refractivity contribution in [2.24, 2.45) is 23.2 Å². The molecule has 204 valence electrons. The number of carboxylic acid groups (broad SMARTS) is 1. The Balaban J connectivity index is 0.000000898. The second-order valence-electron chi connectivity index (χ2n) is 9.94. The van der Waals surface area contributed by atoms with Gasteiger partial charge in [-0.25, -0.2) is 0 Å². The first-order valence-corrected chi connectivity index (χ1v) is 17.2. The van der Waals surface area contributed by atoms with Gasteiger partial charge in [0.2, 0.25) is 0 Å². The van der Waals surface area contributed by atoms with Gasteiger partial charge in [0.25, 0.3) is 5.91 Å². The number of ether oxygens (including phenoxy) is 1. The number of amides is 1. The smallest absolute Gasteiger partial charge is 0.303 e. The minimum atomic E-state index is -0.741. The number of thiol groups is 2. The monoisotopic (exact) mass is 617 g/mol. The van der Waals surface area contributed by atoms with Crippen LogP contribution in [0, 0.1) is 23.2 Å². The first-order valence-electron chi connectivity index (χ1n) is 12.1. The Kier molecular flexibility index (Phi) is 13.7. The number of rotatable bonds is 9. The van der Waals surface area contributed by atoms with Gasteiger partial charge in [0.05, 0.1) is 12.7 Å². The average Bonchev–Trinajstić information content (AvgIpc) is 3.31. The van der Waals surface area contributed by atoms with Gasteiger partial charge >= 0.3 is 5.97 Å². The lowest BCUT2D eigenvalue weighted by Gasteiger charge is -2.62. The Hall–Kier alpha value is -0.850. The van der Waals surface area contributed by atoms with Crippen molar-refractivity contribution in [3.8, 4) is 5.75 Å². The molecule has 2 aromatic rings. The first-order chi connectivity index (χ1) is 17.7. The molecule has 0 radical (unpaired) electrons. The van der Waals surface area contributed by atoms with Crippen molar-refractivity contribution >= 4 is 88.8 Å². The van der Waals surface area contributed by atoms with E-state index in [1.807, 2.05) is 23.6 Å². The Bertz CT molecular complexity index is 1070. The maximum Gasteiger partial charge on any atom is 0.303 e. The van der Waals surface area contributed by atoms with E-state index in [0.29, 0.717) is 18.3 Å². The third kappa shape index (κ3) is 8.32. The van der Waals surface area contributed by atoms with Gasteiger partial charge in [0.1, 0.15) is 5.75 Å². The molecule has 1 aromatic heterocycles. The summed E-state index contributed by atoms with van der Waals surface area (Å²) in [4.78, 5) is 24.0. The van der Waals surface area contributed by atoms with E-state index in [2.05, 4.69) is 77.0 Å². The SMILES string of the molecule is COc1ccc2scc(C(=O)N[C@H]3[C@@H](C/C=C\CCCC(=O)O)C[C@H]4C[C@@H]3C4(C)C)c2c1.S=S.SSS. The van der Waals surface area contributed by atoms with Crippen LogP contribution in [0.2, 0.25) is 0 Å². The van der Waals surface area contributed by atoms with Crippen molar-refractivity contribution in [2.75, 3.05) is 7.11 Å². The Labute approximate surface area is 247 Å². The molecule has 3 aliphatic rings. The van der Waals surface area contributed by atoms with Crippen molar-refractivity contribution in [3.05, 3.63) is 41.3 Å². The van der Waals surface area contributed by atoms with Gasteiger partial charge in [-0.1, -0.05) is 49.3 Å². The van der Waals surface area contributed by atoms with Crippen LogP contribution < -0.4 is 10.1 Å². The van der Waals surface area contributed by atoms with E-state index in [1.165, 1.54) is 6.42 Å². The summed E-state index contributed by atoms with van der Waals surface area (Å²) in [6.07, 6.45) is 9.21. The predicted molar refractivity (Wildman–Crippen MR) is 169 cm³/mol. The van der Waals surface area contributed by atoms with Gasteiger partial charge in [-0.2, -0.15) is 0 Å². The van der Waals surface area contributed by atoms with Crippen LogP contribution in [0.3, 0.4) is 0 Å². The third-order valence-electron chi connectivity index (χ3n) is 7.76. The highest BCUT2D eigenvalue weighted by atomic mass is 33.5. The Morgan fingerprint density at radius 2 is 1.97 bits per heavy atom. The van der Waals surface area contributed by atoms with E-state index < -0.39 is 5.97 Å². The molecule has 0 unspecified atom stereocenters. The average molecular weight is 618 g/mol. The van der Waals surface area contributed by atoms with Crippen LogP contribution >= 0.6 is 44.5 Å². The van der Waals surface area contributed by atoms with E-state index in [1.54, 1.807) is 18.4 Å². The van der Waals surface area contributed by atoms with Crippen molar-refractivity contribution in [1.82, 2.24) is 5.32 Å². The molecule has 1 amide bonds. The zero-order chi connectivity index (χ0) is 27.6. The van der Waals surface area contributed by atoms with Crippen LogP contribution in [0.1, 0.15) is 62.7 Å². The number of aliphatic carboxylic acids is 1. The van der Waals surface area contributed by atoms with Crippen LogP contribution in [0.5, 0.6) is 5.75 Å². The van der Waals surface area contributed by atoms with Gasteiger partial charge < -0.3 is 15.2 Å². The molecule has 0 saturated heterocycles. The summed E-state index contributed by atoms with van der Waals surface area (Å²) in [6.45, 7) is 4.68. The van der Waals surface area contributed by atoms with Crippen LogP contribution in [-0.4, -0.2) is 30.1 Å². The molecule has 3 fully saturated rings.